The van der Waals surface area contributed by atoms with Crippen LogP contribution >= 0.6 is 0 Å². The van der Waals surface area contributed by atoms with E-state index in [2.05, 4.69) is 25.6 Å². The fraction of sp³-hybridized carbons (Fsp3) is 0.346. The van der Waals surface area contributed by atoms with Crippen LogP contribution in [0.5, 0.6) is 0 Å². The number of rotatable bonds is 10. The van der Waals surface area contributed by atoms with Crippen LogP contribution in [0.2, 0.25) is 0 Å². The van der Waals surface area contributed by atoms with Gasteiger partial charge >= 0.3 is 6.18 Å². The Hall–Kier alpha value is -3.71. The first-order valence-corrected chi connectivity index (χ1v) is 13.8. The summed E-state index contributed by atoms with van der Waals surface area (Å²) in [5.74, 6) is -0.483. The fourth-order valence-corrected chi connectivity index (χ4v) is 4.46. The van der Waals surface area contributed by atoms with Crippen LogP contribution in [0, 0.1) is 6.92 Å². The van der Waals surface area contributed by atoms with Gasteiger partial charge in [0.2, 0.25) is 16.0 Å². The molecule has 2 N–H and O–H groups in total. The lowest BCUT2D eigenvalue weighted by atomic mass is 10.0. The largest absolute Gasteiger partial charge is 0.419 e. The van der Waals surface area contributed by atoms with Crippen molar-refractivity contribution in [3.05, 3.63) is 76.1 Å². The molecule has 0 fully saturated rings. The summed E-state index contributed by atoms with van der Waals surface area (Å²) in [5, 5.41) is 2.96. The summed E-state index contributed by atoms with van der Waals surface area (Å²) in [6.45, 7) is 3.67. The molecule has 0 aliphatic heterocycles. The van der Waals surface area contributed by atoms with E-state index in [1.165, 1.54) is 20.2 Å². The molecule has 0 bridgehead atoms. The highest BCUT2D eigenvalue weighted by molar-refractivity contribution is 7.92. The minimum absolute atomic E-state index is 0.0424. The molecule has 39 heavy (non-hydrogen) atoms. The van der Waals surface area contributed by atoms with E-state index in [1.54, 1.807) is 37.3 Å². The van der Waals surface area contributed by atoms with Gasteiger partial charge in [0.15, 0.2) is 0 Å². The van der Waals surface area contributed by atoms with Crippen molar-refractivity contribution < 1.29 is 31.2 Å². The number of anilines is 3. The molecule has 0 aliphatic rings. The second-order valence-corrected chi connectivity index (χ2v) is 10.9. The lowest BCUT2D eigenvalue weighted by Crippen LogP contribution is -2.26. The third kappa shape index (κ3) is 7.45. The summed E-state index contributed by atoms with van der Waals surface area (Å²) >= 11 is 0. The molecule has 0 atom stereocenters. The third-order valence-electron chi connectivity index (χ3n) is 6.07. The molecule has 3 rings (SSSR count). The van der Waals surface area contributed by atoms with Crippen LogP contribution in [0.3, 0.4) is 0 Å². The predicted molar refractivity (Wildman–Crippen MR) is 142 cm³/mol. The fourth-order valence-electron chi connectivity index (χ4n) is 3.94. The Bertz CT molecular complexity index is 1460. The molecule has 1 amide bonds. The molecule has 13 heteroatoms. The van der Waals surface area contributed by atoms with E-state index < -0.39 is 27.7 Å². The standard InChI is InChI=1S/C26H30F3N5O4S/c1-6-17-14-19(24(35)33-38-4)10-11-21(17)31-25-30-15-20(26(27,28)29)22(32-25)12-9-18-8-7-16(2)13-23(18)34(3)39(5,36)37/h7-8,10-11,13-15H,6,9,12H2,1-5H3,(H,33,35)(H,30,31,32). The van der Waals surface area contributed by atoms with E-state index in [0.717, 1.165) is 27.9 Å². The van der Waals surface area contributed by atoms with Gasteiger partial charge in [-0.3, -0.25) is 13.9 Å². The molecule has 0 saturated heterocycles. The maximum atomic E-state index is 13.8. The summed E-state index contributed by atoms with van der Waals surface area (Å²) < 4.78 is 66.8. The van der Waals surface area contributed by atoms with E-state index in [4.69, 9.17) is 0 Å². The van der Waals surface area contributed by atoms with Crippen molar-refractivity contribution in [1.82, 2.24) is 15.4 Å². The van der Waals surface area contributed by atoms with Crippen molar-refractivity contribution in [3.8, 4) is 0 Å². The highest BCUT2D eigenvalue weighted by Gasteiger charge is 2.35. The zero-order chi connectivity index (χ0) is 29.0. The molecule has 1 aromatic heterocycles. The Morgan fingerprint density at radius 2 is 1.82 bits per heavy atom. The van der Waals surface area contributed by atoms with Crippen molar-refractivity contribution in [2.75, 3.05) is 30.0 Å². The zero-order valence-electron chi connectivity index (χ0n) is 22.2. The number of sulfonamides is 1. The molecule has 0 spiro atoms. The lowest BCUT2D eigenvalue weighted by Gasteiger charge is -2.21. The molecule has 0 saturated carbocycles. The van der Waals surface area contributed by atoms with Gasteiger partial charge in [-0.15, -0.1) is 0 Å². The Kier molecular flexibility index (Phi) is 9.18. The van der Waals surface area contributed by atoms with E-state index >= 15 is 0 Å². The summed E-state index contributed by atoms with van der Waals surface area (Å²) in [7, 11) is -0.867. The minimum Gasteiger partial charge on any atom is -0.324 e. The highest BCUT2D eigenvalue weighted by Crippen LogP contribution is 2.33. The van der Waals surface area contributed by atoms with E-state index in [0.29, 0.717) is 28.9 Å². The number of nitrogens with one attached hydrogen (secondary N) is 2. The number of nitrogens with zero attached hydrogens (tertiary/aromatic N) is 3. The van der Waals surface area contributed by atoms with Crippen molar-refractivity contribution in [1.29, 1.82) is 0 Å². The number of carbonyl (C=O) groups is 1. The van der Waals surface area contributed by atoms with Crippen molar-refractivity contribution in [3.63, 3.8) is 0 Å². The van der Waals surface area contributed by atoms with Gasteiger partial charge < -0.3 is 5.32 Å². The molecular weight excluding hydrogens is 535 g/mol. The van der Waals surface area contributed by atoms with Crippen LogP contribution in [0.15, 0.2) is 42.6 Å². The molecule has 0 aliphatic carbocycles. The summed E-state index contributed by atoms with van der Waals surface area (Å²) in [6, 6.07) is 9.95. The third-order valence-corrected chi connectivity index (χ3v) is 7.26. The number of benzene rings is 2. The van der Waals surface area contributed by atoms with E-state index in [9.17, 15) is 26.4 Å². The topological polar surface area (TPSA) is 114 Å². The monoisotopic (exact) mass is 565 g/mol. The van der Waals surface area contributed by atoms with Gasteiger partial charge in [-0.1, -0.05) is 19.1 Å². The van der Waals surface area contributed by atoms with Crippen LogP contribution in [0.4, 0.5) is 30.5 Å². The number of aromatic nitrogens is 2. The average Bonchev–Trinajstić information content (AvgIpc) is 2.86. The molecule has 2 aromatic carbocycles. The van der Waals surface area contributed by atoms with Crippen LogP contribution in [-0.4, -0.2) is 44.7 Å². The van der Waals surface area contributed by atoms with Gasteiger partial charge in [0.1, 0.15) is 0 Å². The normalized spacial score (nSPS) is 11.8. The highest BCUT2D eigenvalue weighted by atomic mass is 32.2. The number of alkyl halides is 3. The molecule has 210 valence electrons. The maximum Gasteiger partial charge on any atom is 0.419 e. The summed E-state index contributed by atoms with van der Waals surface area (Å²) in [6.07, 6.45) is -2.37. The van der Waals surface area contributed by atoms with Crippen LogP contribution in [-0.2, 0) is 40.3 Å². The molecular formula is C26H30F3N5O4S. The average molecular weight is 566 g/mol. The molecule has 0 unspecified atom stereocenters. The first kappa shape index (κ1) is 29.8. The number of hydrogen-bond acceptors (Lipinski definition) is 7. The molecule has 1 heterocycles. The smallest absolute Gasteiger partial charge is 0.324 e. The minimum atomic E-state index is -4.68. The van der Waals surface area contributed by atoms with Crippen molar-refractivity contribution >= 4 is 33.3 Å². The quantitative estimate of drug-likeness (QED) is 0.346. The molecule has 0 radical (unpaired) electrons. The Morgan fingerprint density at radius 3 is 2.44 bits per heavy atom. The van der Waals surface area contributed by atoms with Crippen LogP contribution in [0.25, 0.3) is 0 Å². The Labute approximate surface area is 225 Å². The Balaban J connectivity index is 1.95. The molecule has 9 nitrogen and oxygen atoms in total. The van der Waals surface area contributed by atoms with Crippen molar-refractivity contribution in [2.24, 2.45) is 0 Å². The Morgan fingerprint density at radius 1 is 1.10 bits per heavy atom. The lowest BCUT2D eigenvalue weighted by molar-refractivity contribution is -0.138. The van der Waals surface area contributed by atoms with Crippen molar-refractivity contribution in [2.45, 2.75) is 39.3 Å². The number of aryl methyl sites for hydroxylation is 4. The molecule has 3 aromatic rings. The summed E-state index contributed by atoms with van der Waals surface area (Å²) in [5.41, 5.74) is 4.40. The van der Waals surface area contributed by atoms with Gasteiger partial charge in [0, 0.05) is 24.5 Å². The second-order valence-electron chi connectivity index (χ2n) is 8.90. The van der Waals surface area contributed by atoms with Gasteiger partial charge in [0.05, 0.1) is 30.3 Å². The van der Waals surface area contributed by atoms with Gasteiger partial charge in [-0.2, -0.15) is 13.2 Å². The SMILES string of the molecule is CCc1cc(C(=O)NOC)ccc1Nc1ncc(C(F)(F)F)c(CCc2ccc(C)cc2N(C)S(C)(=O)=O)n1. The maximum absolute atomic E-state index is 13.8. The number of hydrogen-bond donors (Lipinski definition) is 2. The first-order valence-electron chi connectivity index (χ1n) is 11.9. The number of halogens is 3. The van der Waals surface area contributed by atoms with Gasteiger partial charge in [0.25, 0.3) is 5.91 Å². The van der Waals surface area contributed by atoms with Crippen LogP contribution in [0.1, 0.15) is 45.2 Å². The summed E-state index contributed by atoms with van der Waals surface area (Å²) in [4.78, 5) is 24.8. The number of amides is 1. The van der Waals surface area contributed by atoms with Gasteiger partial charge in [-0.05, 0) is 67.1 Å². The predicted octanol–water partition coefficient (Wildman–Crippen LogP) is 4.58. The zero-order valence-corrected chi connectivity index (χ0v) is 23.0. The van der Waals surface area contributed by atoms with Crippen LogP contribution < -0.4 is 15.1 Å². The number of hydroxylamine groups is 1. The second kappa shape index (κ2) is 12.0. The first-order chi connectivity index (χ1) is 18.2. The number of carbonyl (C=O) groups excluding carboxylic acids is 1. The van der Waals surface area contributed by atoms with Gasteiger partial charge in [-0.25, -0.2) is 23.9 Å². The van der Waals surface area contributed by atoms with E-state index in [-0.39, 0.29) is 24.5 Å². The van der Waals surface area contributed by atoms with E-state index in [1.807, 2.05) is 6.92 Å².